The summed E-state index contributed by atoms with van der Waals surface area (Å²) in [6.45, 7) is 0. The van der Waals surface area contributed by atoms with Crippen molar-refractivity contribution < 1.29 is 4.42 Å². The first-order valence-electron chi connectivity index (χ1n) is 20.6. The summed E-state index contributed by atoms with van der Waals surface area (Å²) in [5, 5.41) is 11.8. The van der Waals surface area contributed by atoms with E-state index in [0.717, 1.165) is 49.8 Å². The molecule has 12 rings (SSSR count). The van der Waals surface area contributed by atoms with E-state index in [1.807, 2.05) is 0 Å². The molecule has 0 aliphatic heterocycles. The van der Waals surface area contributed by atoms with E-state index in [9.17, 15) is 0 Å². The quantitative estimate of drug-likeness (QED) is 0.157. The minimum Gasteiger partial charge on any atom is -0.455 e. The van der Waals surface area contributed by atoms with Crippen LogP contribution in [0.5, 0.6) is 0 Å². The summed E-state index contributed by atoms with van der Waals surface area (Å²) >= 11 is 0. The van der Waals surface area contributed by atoms with Crippen LogP contribution in [-0.4, -0.2) is 0 Å². The standard InChI is InChI=1S/C58H37NO/c1-3-17-41(18-4-1)55-50-25-12-11-24-48(50)49-36-34-44(37-52(49)56(55)42-19-5-2-6-20-42)59(43-32-29-40(30-33-43)46-26-13-21-38-15-7-9-22-45(38)46)53-27-14-28-54-57(53)51-35-31-39-16-8-10-23-47(39)58(51)60-54/h1-37H. The molecule has 0 saturated heterocycles. The van der Waals surface area contributed by atoms with Gasteiger partial charge < -0.3 is 9.32 Å². The maximum atomic E-state index is 6.78. The second-order valence-corrected chi connectivity index (χ2v) is 15.6. The summed E-state index contributed by atoms with van der Waals surface area (Å²) in [6.07, 6.45) is 0. The Morgan fingerprint density at radius 2 is 0.867 bits per heavy atom. The van der Waals surface area contributed by atoms with E-state index < -0.39 is 0 Å². The zero-order chi connectivity index (χ0) is 39.6. The topological polar surface area (TPSA) is 16.4 Å². The molecule has 1 heterocycles. The number of nitrogens with zero attached hydrogens (tertiary/aromatic N) is 1. The van der Waals surface area contributed by atoms with Gasteiger partial charge in [-0.3, -0.25) is 0 Å². The maximum Gasteiger partial charge on any atom is 0.143 e. The lowest BCUT2D eigenvalue weighted by atomic mass is 9.85. The van der Waals surface area contributed by atoms with Gasteiger partial charge in [0, 0.05) is 22.1 Å². The molecular weight excluding hydrogens is 727 g/mol. The van der Waals surface area contributed by atoms with Gasteiger partial charge in [0.05, 0.1) is 11.1 Å². The Labute approximate surface area is 347 Å². The number of hydrogen-bond acceptors (Lipinski definition) is 2. The summed E-state index contributed by atoms with van der Waals surface area (Å²) in [7, 11) is 0. The fraction of sp³-hybridized carbons (Fsp3) is 0. The van der Waals surface area contributed by atoms with Crippen molar-refractivity contribution in [3.63, 3.8) is 0 Å². The molecule has 2 heteroatoms. The van der Waals surface area contributed by atoms with Crippen molar-refractivity contribution in [2.24, 2.45) is 0 Å². The second-order valence-electron chi connectivity index (χ2n) is 15.6. The van der Waals surface area contributed by atoms with E-state index in [1.165, 1.54) is 65.7 Å². The van der Waals surface area contributed by atoms with Crippen LogP contribution >= 0.6 is 0 Å². The lowest BCUT2D eigenvalue weighted by Crippen LogP contribution is -2.10. The lowest BCUT2D eigenvalue weighted by molar-refractivity contribution is 0.672. The van der Waals surface area contributed by atoms with Gasteiger partial charge in [-0.1, -0.05) is 182 Å². The molecule has 0 bridgehead atoms. The molecular formula is C58H37NO. The van der Waals surface area contributed by atoms with Crippen LogP contribution in [0.15, 0.2) is 229 Å². The van der Waals surface area contributed by atoms with Gasteiger partial charge >= 0.3 is 0 Å². The summed E-state index contributed by atoms with van der Waals surface area (Å²) < 4.78 is 6.78. The van der Waals surface area contributed by atoms with Crippen molar-refractivity contribution in [2.45, 2.75) is 0 Å². The molecule has 0 amide bonds. The van der Waals surface area contributed by atoms with Crippen molar-refractivity contribution in [1.29, 1.82) is 0 Å². The van der Waals surface area contributed by atoms with Gasteiger partial charge in [0.25, 0.3) is 0 Å². The summed E-state index contributed by atoms with van der Waals surface area (Å²) in [5.74, 6) is 0. The number of fused-ring (bicyclic) bond motifs is 9. The number of furan rings is 1. The van der Waals surface area contributed by atoms with Crippen molar-refractivity contribution in [3.8, 4) is 33.4 Å². The highest BCUT2D eigenvalue weighted by atomic mass is 16.3. The number of anilines is 3. The third kappa shape index (κ3) is 5.42. The van der Waals surface area contributed by atoms with Gasteiger partial charge in [-0.15, -0.1) is 0 Å². The highest BCUT2D eigenvalue weighted by Gasteiger charge is 2.23. The Kier molecular flexibility index (Phi) is 7.89. The largest absolute Gasteiger partial charge is 0.455 e. The molecule has 0 N–H and O–H groups in total. The average molecular weight is 764 g/mol. The maximum absolute atomic E-state index is 6.78. The average Bonchev–Trinajstić information content (AvgIpc) is 3.72. The molecule has 280 valence electrons. The van der Waals surface area contributed by atoms with Crippen LogP contribution in [0.2, 0.25) is 0 Å². The SMILES string of the molecule is c1ccc(-c2c(-c3ccccc3)c3cc(N(c4ccc(-c5cccc6ccccc56)cc4)c4cccc5oc6c7ccccc7ccc6c45)ccc3c3ccccc23)cc1. The molecule has 11 aromatic carbocycles. The van der Waals surface area contributed by atoms with E-state index >= 15 is 0 Å². The van der Waals surface area contributed by atoms with Gasteiger partial charge in [0.2, 0.25) is 0 Å². The predicted octanol–water partition coefficient (Wildman–Crippen LogP) is 16.7. The fourth-order valence-electron chi connectivity index (χ4n) is 9.54. The molecule has 1 aromatic heterocycles. The first-order valence-corrected chi connectivity index (χ1v) is 20.6. The molecule has 0 fully saturated rings. The first kappa shape index (κ1) is 34.1. The zero-order valence-electron chi connectivity index (χ0n) is 32.7. The molecule has 0 spiro atoms. The van der Waals surface area contributed by atoms with Crippen LogP contribution in [0.25, 0.3) is 98.4 Å². The van der Waals surface area contributed by atoms with Crippen molar-refractivity contribution >= 4 is 82.1 Å². The molecule has 60 heavy (non-hydrogen) atoms. The molecule has 0 aliphatic rings. The molecule has 0 aliphatic carbocycles. The van der Waals surface area contributed by atoms with Crippen molar-refractivity contribution in [3.05, 3.63) is 224 Å². The third-order valence-electron chi connectivity index (χ3n) is 12.2. The van der Waals surface area contributed by atoms with Crippen LogP contribution in [-0.2, 0) is 0 Å². The predicted molar refractivity (Wildman–Crippen MR) is 255 cm³/mol. The van der Waals surface area contributed by atoms with Crippen LogP contribution < -0.4 is 4.90 Å². The Hall–Kier alpha value is -7.94. The Bertz CT molecular complexity index is 3580. The molecule has 0 saturated carbocycles. The molecule has 2 nitrogen and oxygen atoms in total. The van der Waals surface area contributed by atoms with Crippen LogP contribution in [0.3, 0.4) is 0 Å². The van der Waals surface area contributed by atoms with Crippen molar-refractivity contribution in [2.75, 3.05) is 4.90 Å². The van der Waals surface area contributed by atoms with Crippen LogP contribution in [0.1, 0.15) is 0 Å². The van der Waals surface area contributed by atoms with E-state index in [2.05, 4.69) is 229 Å². The Morgan fingerprint density at radius 1 is 0.317 bits per heavy atom. The summed E-state index contributed by atoms with van der Waals surface area (Å²) in [5.41, 5.74) is 12.2. The second kappa shape index (κ2) is 13.9. The number of benzene rings is 11. The zero-order valence-corrected chi connectivity index (χ0v) is 32.7. The number of rotatable bonds is 6. The molecule has 0 unspecified atom stereocenters. The van der Waals surface area contributed by atoms with Gasteiger partial charge in [-0.2, -0.15) is 0 Å². The summed E-state index contributed by atoms with van der Waals surface area (Å²) in [6, 6.07) is 81.3. The van der Waals surface area contributed by atoms with Crippen molar-refractivity contribution in [1.82, 2.24) is 0 Å². The Morgan fingerprint density at radius 3 is 1.62 bits per heavy atom. The minimum absolute atomic E-state index is 0.861. The summed E-state index contributed by atoms with van der Waals surface area (Å²) in [4.78, 5) is 2.42. The van der Waals surface area contributed by atoms with Crippen LogP contribution in [0.4, 0.5) is 17.1 Å². The van der Waals surface area contributed by atoms with Crippen LogP contribution in [0, 0.1) is 0 Å². The third-order valence-corrected chi connectivity index (χ3v) is 12.2. The Balaban J connectivity index is 1.15. The van der Waals surface area contributed by atoms with Gasteiger partial charge in [-0.25, -0.2) is 0 Å². The van der Waals surface area contributed by atoms with Gasteiger partial charge in [-0.05, 0) is 114 Å². The lowest BCUT2D eigenvalue weighted by Gasteiger charge is -2.28. The highest BCUT2D eigenvalue weighted by molar-refractivity contribution is 6.23. The first-order chi connectivity index (χ1) is 29.8. The van der Waals surface area contributed by atoms with E-state index in [-0.39, 0.29) is 0 Å². The van der Waals surface area contributed by atoms with E-state index in [4.69, 9.17) is 4.42 Å². The van der Waals surface area contributed by atoms with Gasteiger partial charge in [0.15, 0.2) is 0 Å². The van der Waals surface area contributed by atoms with E-state index in [0.29, 0.717) is 0 Å². The fourth-order valence-corrected chi connectivity index (χ4v) is 9.54. The highest BCUT2D eigenvalue weighted by Crippen LogP contribution is 2.49. The smallest absolute Gasteiger partial charge is 0.143 e. The van der Waals surface area contributed by atoms with Gasteiger partial charge in [0.1, 0.15) is 11.2 Å². The normalized spacial score (nSPS) is 11.7. The molecule has 0 atom stereocenters. The monoisotopic (exact) mass is 763 g/mol. The molecule has 12 aromatic rings. The number of hydrogen-bond donors (Lipinski definition) is 0. The molecule has 0 radical (unpaired) electrons. The van der Waals surface area contributed by atoms with E-state index in [1.54, 1.807) is 0 Å². The minimum atomic E-state index is 0.861.